The van der Waals surface area contributed by atoms with Gasteiger partial charge in [-0.3, -0.25) is 9.59 Å². The molecular formula is C18H24N2O3. The fraction of sp³-hybridized carbons (Fsp3) is 0.556. The van der Waals surface area contributed by atoms with Gasteiger partial charge in [0.2, 0.25) is 5.91 Å². The third-order valence-electron chi connectivity index (χ3n) is 4.68. The zero-order chi connectivity index (χ0) is 16.4. The number of rotatable bonds is 2. The van der Waals surface area contributed by atoms with E-state index in [1.165, 1.54) is 12.8 Å². The number of likely N-dealkylation sites (N-methyl/N-ethyl adjacent to an activating group) is 1. The number of hydrogen-bond acceptors (Lipinski definition) is 3. The van der Waals surface area contributed by atoms with E-state index in [4.69, 9.17) is 4.74 Å². The van der Waals surface area contributed by atoms with Crippen molar-refractivity contribution in [3.63, 3.8) is 0 Å². The van der Waals surface area contributed by atoms with Gasteiger partial charge in [0.15, 0.2) is 6.10 Å². The molecule has 0 N–H and O–H groups in total. The Hall–Kier alpha value is -2.04. The Balaban J connectivity index is 1.74. The summed E-state index contributed by atoms with van der Waals surface area (Å²) >= 11 is 0. The van der Waals surface area contributed by atoms with Crippen molar-refractivity contribution in [3.05, 3.63) is 23.8 Å². The number of anilines is 1. The number of amides is 2. The zero-order valence-corrected chi connectivity index (χ0v) is 13.9. The average Bonchev–Trinajstić information content (AvgIpc) is 2.83. The van der Waals surface area contributed by atoms with E-state index >= 15 is 0 Å². The highest BCUT2D eigenvalue weighted by Crippen LogP contribution is 2.34. The Bertz CT molecular complexity index is 606. The van der Waals surface area contributed by atoms with Crippen LogP contribution in [0.5, 0.6) is 5.75 Å². The van der Waals surface area contributed by atoms with E-state index in [9.17, 15) is 9.59 Å². The van der Waals surface area contributed by atoms with Crippen LogP contribution in [0.25, 0.3) is 0 Å². The monoisotopic (exact) mass is 316 g/mol. The van der Waals surface area contributed by atoms with E-state index in [1.807, 2.05) is 23.1 Å². The molecule has 1 atom stereocenters. The summed E-state index contributed by atoms with van der Waals surface area (Å²) in [4.78, 5) is 28.1. The number of carbonyl (C=O) groups excluding carboxylic acids is 2. The molecular weight excluding hydrogens is 292 g/mol. The zero-order valence-electron chi connectivity index (χ0n) is 13.9. The van der Waals surface area contributed by atoms with E-state index in [0.29, 0.717) is 12.2 Å². The van der Waals surface area contributed by atoms with Gasteiger partial charge in [0.1, 0.15) is 5.75 Å². The molecule has 2 aliphatic heterocycles. The molecule has 23 heavy (non-hydrogen) atoms. The molecule has 1 aromatic carbocycles. The van der Waals surface area contributed by atoms with E-state index in [2.05, 4.69) is 0 Å². The molecule has 0 saturated carbocycles. The molecule has 5 heteroatoms. The van der Waals surface area contributed by atoms with Crippen LogP contribution >= 0.6 is 0 Å². The van der Waals surface area contributed by atoms with Crippen molar-refractivity contribution < 1.29 is 14.3 Å². The second-order valence-electron chi connectivity index (χ2n) is 6.43. The molecule has 0 spiro atoms. The van der Waals surface area contributed by atoms with Gasteiger partial charge in [-0.2, -0.15) is 0 Å². The van der Waals surface area contributed by atoms with Gasteiger partial charge < -0.3 is 14.5 Å². The second kappa shape index (κ2) is 6.60. The molecule has 124 valence electrons. The highest BCUT2D eigenvalue weighted by atomic mass is 16.5. The van der Waals surface area contributed by atoms with E-state index < -0.39 is 6.10 Å². The molecule has 0 aliphatic carbocycles. The van der Waals surface area contributed by atoms with Gasteiger partial charge in [-0.15, -0.1) is 0 Å². The Labute approximate surface area is 137 Å². The summed E-state index contributed by atoms with van der Waals surface area (Å²) in [6, 6.07) is 5.68. The first kappa shape index (κ1) is 15.8. The van der Waals surface area contributed by atoms with E-state index in [-0.39, 0.29) is 11.8 Å². The molecule has 0 aromatic heterocycles. The lowest BCUT2D eigenvalue weighted by molar-refractivity contribution is -0.130. The molecule has 2 heterocycles. The Morgan fingerprint density at radius 1 is 1.22 bits per heavy atom. The lowest BCUT2D eigenvalue weighted by Crippen LogP contribution is -2.42. The van der Waals surface area contributed by atoms with Crippen molar-refractivity contribution in [2.45, 2.75) is 45.1 Å². The number of nitrogens with zero attached hydrogens (tertiary/aromatic N) is 2. The predicted octanol–water partition coefficient (Wildman–Crippen LogP) is 2.38. The summed E-state index contributed by atoms with van der Waals surface area (Å²) < 4.78 is 5.62. The van der Waals surface area contributed by atoms with Crippen molar-refractivity contribution in [1.29, 1.82) is 0 Å². The number of ether oxygens (including phenoxy) is 1. The van der Waals surface area contributed by atoms with Crippen LogP contribution in [0.3, 0.4) is 0 Å². The van der Waals surface area contributed by atoms with Gasteiger partial charge in [-0.05, 0) is 37.5 Å². The van der Waals surface area contributed by atoms with Crippen LogP contribution in [-0.2, 0) is 16.0 Å². The topological polar surface area (TPSA) is 49.9 Å². The lowest BCUT2D eigenvalue weighted by atomic mass is 10.1. The highest BCUT2D eigenvalue weighted by Gasteiger charge is 2.29. The van der Waals surface area contributed by atoms with Gasteiger partial charge in [-0.1, -0.05) is 18.9 Å². The number of carbonyl (C=O) groups is 2. The molecule has 1 saturated heterocycles. The smallest absolute Gasteiger partial charge is 0.267 e. The predicted molar refractivity (Wildman–Crippen MR) is 88.7 cm³/mol. The molecule has 1 fully saturated rings. The average molecular weight is 316 g/mol. The maximum absolute atomic E-state index is 12.5. The summed E-state index contributed by atoms with van der Waals surface area (Å²) in [6.45, 7) is 3.48. The third-order valence-corrected chi connectivity index (χ3v) is 4.68. The summed E-state index contributed by atoms with van der Waals surface area (Å²) in [5.41, 5.74) is 1.67. The van der Waals surface area contributed by atoms with E-state index in [0.717, 1.165) is 37.2 Å². The Kier molecular flexibility index (Phi) is 4.55. The minimum atomic E-state index is -0.461. The normalized spacial score (nSPS) is 21.5. The van der Waals surface area contributed by atoms with Gasteiger partial charge in [-0.25, -0.2) is 0 Å². The van der Waals surface area contributed by atoms with Crippen LogP contribution < -0.4 is 9.64 Å². The summed E-state index contributed by atoms with van der Waals surface area (Å²) in [6.07, 6.45) is 4.54. The van der Waals surface area contributed by atoms with Crippen molar-refractivity contribution in [1.82, 2.24) is 4.90 Å². The molecule has 5 nitrogen and oxygen atoms in total. The summed E-state index contributed by atoms with van der Waals surface area (Å²) in [5.74, 6) is 0.810. The number of benzene rings is 1. The van der Waals surface area contributed by atoms with Gasteiger partial charge in [0.05, 0.1) is 12.1 Å². The maximum atomic E-state index is 12.5. The quantitative estimate of drug-likeness (QED) is 0.842. The van der Waals surface area contributed by atoms with Gasteiger partial charge in [0, 0.05) is 20.1 Å². The van der Waals surface area contributed by atoms with Crippen molar-refractivity contribution in [3.8, 4) is 5.75 Å². The molecule has 2 aliphatic rings. The maximum Gasteiger partial charge on any atom is 0.267 e. The van der Waals surface area contributed by atoms with Crippen LogP contribution in [0.15, 0.2) is 18.2 Å². The summed E-state index contributed by atoms with van der Waals surface area (Å²) in [7, 11) is 1.75. The SMILES string of the molecule is CC1Oc2ccc(CC(=O)N3CCCCCC3)cc2N(C)C1=O. The molecule has 0 bridgehead atoms. The Morgan fingerprint density at radius 3 is 2.61 bits per heavy atom. The molecule has 1 aromatic rings. The summed E-state index contributed by atoms with van der Waals surface area (Å²) in [5, 5.41) is 0. The van der Waals surface area contributed by atoms with Crippen LogP contribution in [-0.4, -0.2) is 43.0 Å². The van der Waals surface area contributed by atoms with Crippen molar-refractivity contribution in [2.24, 2.45) is 0 Å². The number of likely N-dealkylation sites (tertiary alicyclic amines) is 1. The first-order valence-corrected chi connectivity index (χ1v) is 8.41. The van der Waals surface area contributed by atoms with Crippen LogP contribution in [0.2, 0.25) is 0 Å². The van der Waals surface area contributed by atoms with Crippen LogP contribution in [0.4, 0.5) is 5.69 Å². The van der Waals surface area contributed by atoms with Crippen molar-refractivity contribution in [2.75, 3.05) is 25.0 Å². The van der Waals surface area contributed by atoms with Gasteiger partial charge >= 0.3 is 0 Å². The number of hydrogen-bond donors (Lipinski definition) is 0. The molecule has 2 amide bonds. The number of fused-ring (bicyclic) bond motifs is 1. The third kappa shape index (κ3) is 3.33. The van der Waals surface area contributed by atoms with Crippen LogP contribution in [0, 0.1) is 0 Å². The first-order valence-electron chi connectivity index (χ1n) is 8.41. The van der Waals surface area contributed by atoms with E-state index in [1.54, 1.807) is 18.9 Å². The minimum absolute atomic E-state index is 0.0616. The molecule has 0 radical (unpaired) electrons. The molecule has 3 rings (SSSR count). The van der Waals surface area contributed by atoms with Crippen molar-refractivity contribution >= 4 is 17.5 Å². The largest absolute Gasteiger partial charge is 0.479 e. The fourth-order valence-corrected chi connectivity index (χ4v) is 3.27. The lowest BCUT2D eigenvalue weighted by Gasteiger charge is -2.30. The Morgan fingerprint density at radius 2 is 1.91 bits per heavy atom. The second-order valence-corrected chi connectivity index (χ2v) is 6.43. The van der Waals surface area contributed by atoms with Crippen LogP contribution in [0.1, 0.15) is 38.2 Å². The fourth-order valence-electron chi connectivity index (χ4n) is 3.27. The van der Waals surface area contributed by atoms with Gasteiger partial charge in [0.25, 0.3) is 5.91 Å². The molecule has 1 unspecified atom stereocenters. The standard InChI is InChI=1S/C18H24N2O3/c1-13-18(22)19(2)15-11-14(7-8-16(15)23-13)12-17(21)20-9-5-3-4-6-10-20/h7-8,11,13H,3-6,9-10,12H2,1-2H3. The first-order chi connectivity index (χ1) is 11.1. The highest BCUT2D eigenvalue weighted by molar-refractivity contribution is 5.99. The minimum Gasteiger partial charge on any atom is -0.479 e.